The van der Waals surface area contributed by atoms with Gasteiger partial charge in [0, 0.05) is 60.6 Å². The molecule has 0 spiro atoms. The number of ketones is 1. The molecule has 1 aliphatic heterocycles. The van der Waals surface area contributed by atoms with Gasteiger partial charge in [0.1, 0.15) is 21.3 Å². The van der Waals surface area contributed by atoms with Gasteiger partial charge in [0.2, 0.25) is 10.6 Å². The summed E-state index contributed by atoms with van der Waals surface area (Å²) in [6.07, 6.45) is 8.09. The molecular weight excluding hydrogens is 1120 g/mol. The molecule has 0 saturated carbocycles. The number of ether oxygens (including phenoxy) is 1. The van der Waals surface area contributed by atoms with Crippen molar-refractivity contribution in [3.8, 4) is 0 Å². The maximum Gasteiger partial charge on any atom is 0.435 e. The number of aromatic nitrogens is 7. The first-order chi connectivity index (χ1) is 33.4. The van der Waals surface area contributed by atoms with Crippen LogP contribution < -0.4 is 10.6 Å². The largest absolute Gasteiger partial charge is 0.477 e. The average molecular weight is 1160 g/mol. The third-order valence-electron chi connectivity index (χ3n) is 9.53. The lowest BCUT2D eigenvalue weighted by atomic mass is 10.1. The van der Waals surface area contributed by atoms with Gasteiger partial charge in [-0.1, -0.05) is 81.2 Å². The van der Waals surface area contributed by atoms with Gasteiger partial charge in [-0.25, -0.2) is 24.5 Å². The average Bonchev–Trinajstić information content (AvgIpc) is 4.15. The van der Waals surface area contributed by atoms with Gasteiger partial charge in [-0.05, 0) is 133 Å². The first kappa shape index (κ1) is 53.8. The van der Waals surface area contributed by atoms with E-state index in [1.807, 2.05) is 106 Å². The Morgan fingerprint density at radius 1 is 0.803 bits per heavy atom. The summed E-state index contributed by atoms with van der Waals surface area (Å²) in [4.78, 5) is 57.3. The molecule has 1 aliphatic rings. The number of carboxylic acid groups (broad SMARTS) is 1. The fraction of sp³-hybridized carbons (Fsp3) is 0.140. The summed E-state index contributed by atoms with van der Waals surface area (Å²) in [5, 5.41) is 22.7. The van der Waals surface area contributed by atoms with E-state index in [2.05, 4.69) is 83.6 Å². The summed E-state index contributed by atoms with van der Waals surface area (Å²) >= 11 is 25.5. The minimum atomic E-state index is -0.864. The van der Waals surface area contributed by atoms with Gasteiger partial charge in [0.05, 0.1) is 30.1 Å². The van der Waals surface area contributed by atoms with Crippen molar-refractivity contribution in [1.29, 1.82) is 0 Å². The molecule has 0 amide bonds. The zero-order valence-electron chi connectivity index (χ0n) is 37.3. The molecule has 0 bridgehead atoms. The number of aromatic carboxylic acids is 1. The van der Waals surface area contributed by atoms with Crippen LogP contribution in [-0.4, -0.2) is 76.0 Å². The van der Waals surface area contributed by atoms with E-state index < -0.39 is 17.7 Å². The number of halogens is 5. The van der Waals surface area contributed by atoms with Gasteiger partial charge >= 0.3 is 12.1 Å². The molecule has 71 heavy (non-hydrogen) atoms. The Kier molecular flexibility index (Phi) is 18.2. The Balaban J connectivity index is 0.000000159. The Morgan fingerprint density at radius 2 is 1.51 bits per heavy atom. The second kappa shape index (κ2) is 24.0. The van der Waals surface area contributed by atoms with Crippen LogP contribution >= 0.6 is 78.0 Å². The Bertz CT molecular complexity index is 3360. The van der Waals surface area contributed by atoms with E-state index in [-0.39, 0.29) is 23.8 Å². The van der Waals surface area contributed by atoms with Crippen molar-refractivity contribution in [1.82, 2.24) is 34.7 Å². The van der Waals surface area contributed by atoms with Crippen LogP contribution in [0.2, 0.25) is 15.6 Å². The zero-order valence-corrected chi connectivity index (χ0v) is 43.6. The number of aliphatic imine (C=N–C) groups is 1. The minimum absolute atomic E-state index is 0. The van der Waals surface area contributed by atoms with Crippen molar-refractivity contribution in [2.24, 2.45) is 4.99 Å². The molecule has 21 heteroatoms. The highest BCUT2D eigenvalue weighted by molar-refractivity contribution is 9.10. The maximum atomic E-state index is 12.2. The lowest BCUT2D eigenvalue weighted by molar-refractivity contribution is 0.0522. The van der Waals surface area contributed by atoms with Crippen molar-refractivity contribution >= 4 is 163 Å². The number of benzene rings is 4. The third-order valence-corrected chi connectivity index (χ3v) is 12.2. The molecule has 0 radical (unpaired) electrons. The van der Waals surface area contributed by atoms with E-state index >= 15 is 0 Å². The topological polar surface area (TPSA) is 202 Å². The third kappa shape index (κ3) is 15.0. The quantitative estimate of drug-likeness (QED) is 0.0870. The molecule has 5 aromatic heterocycles. The van der Waals surface area contributed by atoms with Crippen LogP contribution in [-0.2, 0) is 4.74 Å². The number of carbonyl (C=O) groups excluding carboxylic acids is 2. The van der Waals surface area contributed by atoms with Gasteiger partial charge in [-0.3, -0.25) is 9.79 Å². The van der Waals surface area contributed by atoms with Crippen LogP contribution in [0, 0.1) is 0 Å². The summed E-state index contributed by atoms with van der Waals surface area (Å²) in [6, 6.07) is 30.3. The Hall–Kier alpha value is -6.54. The summed E-state index contributed by atoms with van der Waals surface area (Å²) in [7, 11) is 0. The number of nitrogens with one attached hydrogen (secondary N) is 3. The number of anilines is 4. The summed E-state index contributed by atoms with van der Waals surface area (Å²) < 4.78 is 9.56. The van der Waals surface area contributed by atoms with Crippen molar-refractivity contribution in [2.75, 3.05) is 17.2 Å². The molecule has 0 aliphatic carbocycles. The number of thiophene rings is 1. The van der Waals surface area contributed by atoms with Gasteiger partial charge < -0.3 is 25.5 Å². The summed E-state index contributed by atoms with van der Waals surface area (Å²) in [6.45, 7) is 7.74. The number of fused-ring (bicyclic) bond motifs is 3. The van der Waals surface area contributed by atoms with Crippen LogP contribution in [0.1, 0.15) is 60.8 Å². The Labute approximate surface area is 443 Å². The van der Waals surface area contributed by atoms with Crippen molar-refractivity contribution in [2.45, 2.75) is 40.7 Å². The number of nitrogens with zero attached hydrogens (tertiary/aromatic N) is 7. The van der Waals surface area contributed by atoms with Gasteiger partial charge in [-0.2, -0.15) is 14.8 Å². The Morgan fingerprint density at radius 3 is 2.18 bits per heavy atom. The highest BCUT2D eigenvalue weighted by Gasteiger charge is 2.20. The SMILES string of the molecule is C.CC(=O)c1cc2ccc(Br)cc2[nH]1.CC(C)(C)OC(=O)n1ncc2cc(Nc3ccnc(Cl)n3)ccc21.Clc1ncc(Cl)c(Nc2ccc(C3=CCN=C3)cc2)n1.O=C(O)c1cc2ccc(Br)cc2s1. The van der Waals surface area contributed by atoms with E-state index in [0.717, 1.165) is 64.4 Å². The first-order valence-electron chi connectivity index (χ1n) is 20.8. The number of carbonyl (C=O) groups is 3. The van der Waals surface area contributed by atoms with E-state index in [1.54, 1.807) is 37.5 Å². The number of carboxylic acids is 1. The summed E-state index contributed by atoms with van der Waals surface area (Å²) in [5.74, 6) is 0.264. The number of hydrogen-bond acceptors (Lipinski definition) is 13. The van der Waals surface area contributed by atoms with Gasteiger partial charge in [-0.15, -0.1) is 11.3 Å². The van der Waals surface area contributed by atoms with Crippen molar-refractivity contribution in [3.05, 3.63) is 162 Å². The van der Waals surface area contributed by atoms with E-state index in [0.29, 0.717) is 32.7 Å². The van der Waals surface area contributed by atoms with Gasteiger partial charge in [0.25, 0.3) is 0 Å². The minimum Gasteiger partial charge on any atom is -0.477 e. The van der Waals surface area contributed by atoms with Crippen LogP contribution in [0.4, 0.5) is 27.8 Å². The van der Waals surface area contributed by atoms with E-state index in [9.17, 15) is 14.4 Å². The number of aromatic amines is 1. The number of hydrogen-bond donors (Lipinski definition) is 4. The van der Waals surface area contributed by atoms with Crippen LogP contribution in [0.3, 0.4) is 0 Å². The molecule has 0 atom stereocenters. The molecule has 0 unspecified atom stereocenters. The second-order valence-corrected chi connectivity index (χ2v) is 19.9. The molecule has 4 N–H and O–H groups in total. The number of H-pyrrole nitrogens is 1. The predicted molar refractivity (Wildman–Crippen MR) is 294 cm³/mol. The highest BCUT2D eigenvalue weighted by atomic mass is 79.9. The highest BCUT2D eigenvalue weighted by Crippen LogP contribution is 2.29. The fourth-order valence-electron chi connectivity index (χ4n) is 6.38. The van der Waals surface area contributed by atoms with Gasteiger partial charge in [0.15, 0.2) is 11.6 Å². The van der Waals surface area contributed by atoms with E-state index in [4.69, 9.17) is 44.6 Å². The smallest absolute Gasteiger partial charge is 0.435 e. The lowest BCUT2D eigenvalue weighted by Gasteiger charge is -2.19. The molecule has 6 heterocycles. The van der Waals surface area contributed by atoms with Crippen LogP contribution in [0.15, 0.2) is 136 Å². The summed E-state index contributed by atoms with van der Waals surface area (Å²) in [5.41, 5.74) is 5.66. The standard InChI is InChI=1S/C16H16ClN5O2.C14H10Cl2N4.C10H8BrNO.C9H5BrO2S.CH4/c1-16(2,3)24-15(23)22-12-5-4-11(8-10(12)9-19-22)20-13-6-7-18-14(17)21-13;15-12-8-18-14(16)20-13(12)19-11-3-1-9(2-4-11)10-5-6-17-7-10;1-6(13)9-4-7-2-3-8(11)5-10(7)12-9;10-6-2-1-5-3-8(9(11)12)13-7(5)4-6;/h4-9H,1-3H3,(H,18,20,21);1-5,7-8H,6H2,(H,18,19,20);2-5,12H,1H3;1-4H,(H,11,12);1H4. The van der Waals surface area contributed by atoms with Crippen molar-refractivity contribution < 1.29 is 24.2 Å². The molecular formula is C50H43Br2Cl3N10O5S. The van der Waals surface area contributed by atoms with Crippen molar-refractivity contribution in [3.63, 3.8) is 0 Å². The first-order valence-corrected chi connectivity index (χ1v) is 24.3. The molecule has 10 rings (SSSR count). The molecule has 0 fully saturated rings. The van der Waals surface area contributed by atoms with Crippen LogP contribution in [0.25, 0.3) is 37.5 Å². The normalized spacial score (nSPS) is 11.5. The molecule has 9 aromatic rings. The monoisotopic (exact) mass is 1160 g/mol. The second-order valence-electron chi connectivity index (χ2n) is 15.9. The maximum absolute atomic E-state index is 12.2. The fourth-order valence-corrected chi connectivity index (χ4v) is 8.61. The lowest BCUT2D eigenvalue weighted by Crippen LogP contribution is -2.27. The molecule has 15 nitrogen and oxygen atoms in total. The molecule has 364 valence electrons. The number of Topliss-reactive ketones (excluding diaryl/α,β-unsaturated/α-hetero) is 1. The molecule has 0 saturated heterocycles. The predicted octanol–water partition coefficient (Wildman–Crippen LogP) is 15.1. The zero-order chi connectivity index (χ0) is 50.1. The molecule has 4 aromatic carbocycles. The number of rotatable bonds is 7. The van der Waals surface area contributed by atoms with E-state index in [1.165, 1.54) is 22.2 Å². The number of allylic oxidation sites excluding steroid dienone is 1. The van der Waals surface area contributed by atoms with Crippen LogP contribution in [0.5, 0.6) is 0 Å².